The van der Waals surface area contributed by atoms with Crippen molar-refractivity contribution in [3.63, 3.8) is 0 Å². The molecule has 298 valence electrons. The molecule has 0 saturated heterocycles. The minimum Gasteiger partial charge on any atom is -0.453 e. The Balaban J connectivity index is 1.19. The van der Waals surface area contributed by atoms with Gasteiger partial charge in [0.2, 0.25) is 0 Å². The van der Waals surface area contributed by atoms with Crippen molar-refractivity contribution in [3.8, 4) is 17.1 Å². The maximum absolute atomic E-state index is 6.89. The molecule has 4 heterocycles. The smallest absolute Gasteiger partial charge is 0.152 e. The summed E-state index contributed by atoms with van der Waals surface area (Å²) < 4.78 is 14.0. The van der Waals surface area contributed by atoms with Crippen LogP contribution in [0.15, 0.2) is 223 Å². The fourth-order valence-corrected chi connectivity index (χ4v) is 10.6. The predicted octanol–water partition coefficient (Wildman–Crippen LogP) is 15.7. The SMILES string of the molecule is c1ccc(-n2c3ccccc3oc3cc4c(cc32)c2cc(-n3c5ccccc5c5ccccc53)ccc2c2ccc(-n3c5ccccc5c5ccccc53)cc2c2cccnc24)cc1. The summed E-state index contributed by atoms with van der Waals surface area (Å²) in [6.07, 6.45) is 1.92. The van der Waals surface area contributed by atoms with E-state index >= 15 is 0 Å². The summed E-state index contributed by atoms with van der Waals surface area (Å²) >= 11 is 0. The number of fused-ring (bicyclic) bond motifs is 16. The van der Waals surface area contributed by atoms with Crippen LogP contribution in [0.1, 0.15) is 0 Å². The molecule has 14 rings (SSSR count). The molecule has 0 radical (unpaired) electrons. The number of pyridine rings is 1. The van der Waals surface area contributed by atoms with Crippen LogP contribution >= 0.6 is 0 Å². The Hall–Kier alpha value is -8.67. The molecule has 64 heavy (non-hydrogen) atoms. The zero-order valence-corrected chi connectivity index (χ0v) is 34.5. The zero-order chi connectivity index (χ0) is 41.9. The van der Waals surface area contributed by atoms with Gasteiger partial charge in [0.1, 0.15) is 0 Å². The van der Waals surface area contributed by atoms with Crippen molar-refractivity contribution < 1.29 is 4.42 Å². The van der Waals surface area contributed by atoms with Crippen molar-refractivity contribution in [2.75, 3.05) is 0 Å². The Morgan fingerprint density at radius 2 is 0.719 bits per heavy atom. The average Bonchev–Trinajstić information content (AvgIpc) is 3.88. The molecule has 5 nitrogen and oxygen atoms in total. The average molecular weight is 817 g/mol. The van der Waals surface area contributed by atoms with E-state index in [1.54, 1.807) is 0 Å². The van der Waals surface area contributed by atoms with Crippen LogP contribution in [0, 0.1) is 0 Å². The second kappa shape index (κ2) is 13.4. The van der Waals surface area contributed by atoms with E-state index in [4.69, 9.17) is 9.40 Å². The Bertz CT molecular complexity index is 4210. The lowest BCUT2D eigenvalue weighted by atomic mass is 9.95. The Morgan fingerprint density at radius 3 is 1.30 bits per heavy atom. The van der Waals surface area contributed by atoms with Crippen LogP contribution in [0.25, 0.3) is 126 Å². The van der Waals surface area contributed by atoms with E-state index in [1.807, 2.05) is 12.3 Å². The molecule has 0 bridgehead atoms. The van der Waals surface area contributed by atoms with Gasteiger partial charge in [-0.25, -0.2) is 0 Å². The molecule has 0 aliphatic heterocycles. The van der Waals surface area contributed by atoms with Gasteiger partial charge in [0.15, 0.2) is 11.2 Å². The molecule has 10 aromatic carbocycles. The fourth-order valence-electron chi connectivity index (χ4n) is 10.6. The fraction of sp³-hybridized carbons (Fsp3) is 0. The second-order valence-corrected chi connectivity index (χ2v) is 16.7. The van der Waals surface area contributed by atoms with Crippen LogP contribution in [-0.4, -0.2) is 18.7 Å². The van der Waals surface area contributed by atoms with Gasteiger partial charge in [0.05, 0.1) is 38.6 Å². The van der Waals surface area contributed by atoms with Crippen molar-refractivity contribution in [1.82, 2.24) is 18.7 Å². The molecule has 0 fully saturated rings. The molecule has 0 N–H and O–H groups in total. The molecule has 0 aliphatic rings. The molecular formula is C59H36N4O. The summed E-state index contributed by atoms with van der Waals surface area (Å²) in [5.41, 5.74) is 12.4. The molecule has 0 aliphatic carbocycles. The number of hydrogen-bond acceptors (Lipinski definition) is 2. The van der Waals surface area contributed by atoms with Gasteiger partial charge < -0.3 is 18.1 Å². The summed E-state index contributed by atoms with van der Waals surface area (Å²) in [4.78, 5) is 5.27. The molecule has 5 heteroatoms. The highest BCUT2D eigenvalue weighted by atomic mass is 16.3. The topological polar surface area (TPSA) is 40.8 Å². The molecule has 0 spiro atoms. The van der Waals surface area contributed by atoms with E-state index < -0.39 is 0 Å². The van der Waals surface area contributed by atoms with Crippen LogP contribution in [0.2, 0.25) is 0 Å². The van der Waals surface area contributed by atoms with Crippen molar-refractivity contribution in [3.05, 3.63) is 219 Å². The summed E-state index contributed by atoms with van der Waals surface area (Å²) in [7, 11) is 0. The molecular weight excluding hydrogens is 781 g/mol. The lowest BCUT2D eigenvalue weighted by molar-refractivity contribution is 0.654. The van der Waals surface area contributed by atoms with Gasteiger partial charge in [0, 0.05) is 55.6 Å². The maximum atomic E-state index is 6.89. The Morgan fingerprint density at radius 1 is 0.266 bits per heavy atom. The van der Waals surface area contributed by atoms with Crippen LogP contribution in [-0.2, 0) is 0 Å². The van der Waals surface area contributed by atoms with Gasteiger partial charge >= 0.3 is 0 Å². The van der Waals surface area contributed by atoms with Crippen LogP contribution in [0.4, 0.5) is 0 Å². The standard InChI is InChI=1S/C59H36N4O/c1-2-15-37(16-3-1)61-55-26-12-13-27-57(55)64-58-36-50-49(35-56(58)61)48-34-39(63-53-24-10-6-19-44(53)45-20-7-11-25-54(45)63)29-31-41(48)40-30-28-38(33-47(40)46-21-14-32-60-59(46)50)62-51-22-8-4-17-42(51)43-18-5-9-23-52(43)62/h1-36H. The molecule has 0 unspecified atom stereocenters. The predicted molar refractivity (Wildman–Crippen MR) is 267 cm³/mol. The first-order valence-corrected chi connectivity index (χ1v) is 21.8. The summed E-state index contributed by atoms with van der Waals surface area (Å²) in [6, 6.07) is 76.6. The molecule has 0 saturated carbocycles. The first-order chi connectivity index (χ1) is 31.8. The minimum atomic E-state index is 0.776. The maximum Gasteiger partial charge on any atom is 0.152 e. The number of para-hydroxylation sites is 7. The third kappa shape index (κ3) is 4.98. The first-order valence-electron chi connectivity index (χ1n) is 21.8. The second-order valence-electron chi connectivity index (χ2n) is 16.7. The number of aromatic nitrogens is 4. The quantitative estimate of drug-likeness (QED) is 0.167. The number of rotatable bonds is 3. The first kappa shape index (κ1) is 35.0. The summed E-state index contributed by atoms with van der Waals surface area (Å²) in [5.74, 6) is 0. The highest BCUT2D eigenvalue weighted by Gasteiger charge is 2.19. The highest BCUT2D eigenvalue weighted by molar-refractivity contribution is 6.27. The van der Waals surface area contributed by atoms with Gasteiger partial charge in [-0.2, -0.15) is 0 Å². The van der Waals surface area contributed by atoms with E-state index in [0.717, 1.165) is 82.5 Å². The van der Waals surface area contributed by atoms with E-state index in [0.29, 0.717) is 0 Å². The molecule has 4 aromatic heterocycles. The lowest BCUT2D eigenvalue weighted by Crippen LogP contribution is -2.00. The van der Waals surface area contributed by atoms with E-state index in [1.165, 1.54) is 43.6 Å². The van der Waals surface area contributed by atoms with Crippen molar-refractivity contribution in [2.24, 2.45) is 0 Å². The molecule has 0 amide bonds. The molecule has 0 atom stereocenters. The van der Waals surface area contributed by atoms with E-state index in [9.17, 15) is 0 Å². The summed E-state index contributed by atoms with van der Waals surface area (Å²) in [5, 5.41) is 12.6. The van der Waals surface area contributed by atoms with Crippen LogP contribution in [0.3, 0.4) is 0 Å². The van der Waals surface area contributed by atoms with Crippen LogP contribution in [0.5, 0.6) is 0 Å². The van der Waals surface area contributed by atoms with Gasteiger partial charge in [0.25, 0.3) is 0 Å². The molecule has 14 aromatic rings. The minimum absolute atomic E-state index is 0.776. The van der Waals surface area contributed by atoms with E-state index in [-0.39, 0.29) is 0 Å². The van der Waals surface area contributed by atoms with Crippen LogP contribution < -0.4 is 0 Å². The van der Waals surface area contributed by atoms with Crippen molar-refractivity contribution >= 4 is 109 Å². The normalized spacial score (nSPS) is 12.1. The summed E-state index contributed by atoms with van der Waals surface area (Å²) in [6.45, 7) is 0. The van der Waals surface area contributed by atoms with Gasteiger partial charge in [-0.1, -0.05) is 121 Å². The third-order valence-electron chi connectivity index (χ3n) is 13.3. The van der Waals surface area contributed by atoms with E-state index in [2.05, 4.69) is 220 Å². The van der Waals surface area contributed by atoms with Crippen molar-refractivity contribution in [2.45, 2.75) is 0 Å². The number of hydrogen-bond donors (Lipinski definition) is 0. The largest absolute Gasteiger partial charge is 0.453 e. The number of benzene rings is 9. The van der Waals surface area contributed by atoms with Gasteiger partial charge in [-0.15, -0.1) is 0 Å². The lowest BCUT2D eigenvalue weighted by Gasteiger charge is -2.17. The highest BCUT2D eigenvalue weighted by Crippen LogP contribution is 2.42. The Labute approximate surface area is 366 Å². The van der Waals surface area contributed by atoms with Gasteiger partial charge in [-0.05, 0) is 118 Å². The zero-order valence-electron chi connectivity index (χ0n) is 34.5. The van der Waals surface area contributed by atoms with Gasteiger partial charge in [-0.3, -0.25) is 4.98 Å². The monoisotopic (exact) mass is 816 g/mol. The number of nitrogens with zero attached hydrogens (tertiary/aromatic N) is 4. The Kier molecular flexibility index (Phi) is 7.33. The van der Waals surface area contributed by atoms with Crippen molar-refractivity contribution in [1.29, 1.82) is 0 Å². The third-order valence-corrected chi connectivity index (χ3v) is 13.3.